The van der Waals surface area contributed by atoms with Crippen molar-refractivity contribution in [3.8, 4) is 0 Å². The normalized spacial score (nSPS) is 12.0. The van der Waals surface area contributed by atoms with E-state index in [0.29, 0.717) is 13.0 Å². The van der Waals surface area contributed by atoms with Gasteiger partial charge in [-0.3, -0.25) is 19.6 Å². The van der Waals surface area contributed by atoms with Gasteiger partial charge in [0.25, 0.3) is 5.91 Å². The van der Waals surface area contributed by atoms with Crippen LogP contribution in [0.15, 0.2) is 30.3 Å². The number of amides is 1. The molecule has 0 aliphatic carbocycles. The number of rotatable bonds is 7. The molecule has 0 aliphatic heterocycles. The number of carbonyl (C=O) groups excluding carboxylic acids is 1. The summed E-state index contributed by atoms with van der Waals surface area (Å²) in [6.07, 6.45) is -0.401. The highest BCUT2D eigenvalue weighted by molar-refractivity contribution is 5.96. The van der Waals surface area contributed by atoms with E-state index in [1.165, 1.54) is 11.6 Å². The van der Waals surface area contributed by atoms with Crippen molar-refractivity contribution in [3.63, 3.8) is 0 Å². The van der Waals surface area contributed by atoms with Crippen LogP contribution in [0.3, 0.4) is 0 Å². The van der Waals surface area contributed by atoms with Gasteiger partial charge in [-0.05, 0) is 25.8 Å². The van der Waals surface area contributed by atoms with E-state index in [-0.39, 0.29) is 23.6 Å². The highest BCUT2D eigenvalue weighted by Crippen LogP contribution is 2.23. The summed E-state index contributed by atoms with van der Waals surface area (Å²) in [5.41, 5.74) is 0.621. The second kappa shape index (κ2) is 7.69. The van der Waals surface area contributed by atoms with Gasteiger partial charge in [-0.15, -0.1) is 0 Å². The maximum absolute atomic E-state index is 12.3. The second-order valence-corrected chi connectivity index (χ2v) is 5.33. The van der Waals surface area contributed by atoms with Crippen molar-refractivity contribution in [2.45, 2.75) is 32.9 Å². The Morgan fingerprint density at radius 1 is 1.42 bits per heavy atom. The van der Waals surface area contributed by atoms with Crippen molar-refractivity contribution < 1.29 is 14.8 Å². The number of carbonyl (C=O) groups is 1. The van der Waals surface area contributed by atoms with Crippen molar-refractivity contribution in [1.29, 1.82) is 0 Å². The predicted molar refractivity (Wildman–Crippen MR) is 87.6 cm³/mol. The van der Waals surface area contributed by atoms with Gasteiger partial charge in [0, 0.05) is 13.1 Å². The molecule has 1 amide bonds. The number of hydrogen-bond acceptors (Lipinski definition) is 5. The largest absolute Gasteiger partial charge is 0.388 e. The molecule has 0 spiro atoms. The molecule has 1 aromatic carbocycles. The number of nitro groups is 1. The molecule has 2 N–H and O–H groups in total. The minimum atomic E-state index is -0.709. The summed E-state index contributed by atoms with van der Waals surface area (Å²) in [6.45, 7) is 3.80. The first-order chi connectivity index (χ1) is 11.5. The number of aryl methyl sites for hydroxylation is 2. The summed E-state index contributed by atoms with van der Waals surface area (Å²) < 4.78 is 1.32. The SMILES string of the molecule is CCn1nc(C)c([N+](=O)[O-])c1C(=O)NCCC(O)c1ccccc1. The van der Waals surface area contributed by atoms with Crippen LogP contribution in [-0.2, 0) is 6.54 Å². The summed E-state index contributed by atoms with van der Waals surface area (Å²) in [6, 6.07) is 9.09. The molecule has 1 aromatic heterocycles. The second-order valence-electron chi connectivity index (χ2n) is 5.33. The van der Waals surface area contributed by atoms with Crippen LogP contribution in [0.2, 0.25) is 0 Å². The zero-order chi connectivity index (χ0) is 17.7. The van der Waals surface area contributed by atoms with Crippen LogP contribution in [0.4, 0.5) is 5.69 Å². The van der Waals surface area contributed by atoms with Crippen molar-refractivity contribution in [3.05, 3.63) is 57.4 Å². The zero-order valence-corrected chi connectivity index (χ0v) is 13.6. The van der Waals surface area contributed by atoms with Crippen LogP contribution in [0, 0.1) is 17.0 Å². The number of hydrogen-bond donors (Lipinski definition) is 2. The third-order valence-corrected chi connectivity index (χ3v) is 3.68. The van der Waals surface area contributed by atoms with Gasteiger partial charge < -0.3 is 10.4 Å². The fourth-order valence-electron chi connectivity index (χ4n) is 2.49. The molecular formula is C16H20N4O4. The van der Waals surface area contributed by atoms with Crippen molar-refractivity contribution in [2.24, 2.45) is 0 Å². The summed E-state index contributed by atoms with van der Waals surface area (Å²) in [4.78, 5) is 22.9. The molecule has 1 unspecified atom stereocenters. The Hall–Kier alpha value is -2.74. The monoisotopic (exact) mass is 332 g/mol. The first-order valence-electron chi connectivity index (χ1n) is 7.68. The Morgan fingerprint density at radius 2 is 2.08 bits per heavy atom. The quantitative estimate of drug-likeness (QED) is 0.595. The molecule has 8 heteroatoms. The molecule has 0 aliphatic rings. The van der Waals surface area contributed by atoms with Crippen molar-refractivity contribution in [1.82, 2.24) is 15.1 Å². The molecule has 0 saturated heterocycles. The lowest BCUT2D eigenvalue weighted by molar-refractivity contribution is -0.385. The Bertz CT molecular complexity index is 727. The fraction of sp³-hybridized carbons (Fsp3) is 0.375. The van der Waals surface area contributed by atoms with Crippen LogP contribution < -0.4 is 5.32 Å². The smallest absolute Gasteiger partial charge is 0.322 e. The van der Waals surface area contributed by atoms with E-state index in [9.17, 15) is 20.0 Å². The number of nitrogens with zero attached hydrogens (tertiary/aromatic N) is 3. The number of benzene rings is 1. The van der Waals surface area contributed by atoms with Crippen LogP contribution in [0.5, 0.6) is 0 Å². The van der Waals surface area contributed by atoms with Gasteiger partial charge >= 0.3 is 5.69 Å². The minimum absolute atomic E-state index is 0.0609. The van der Waals surface area contributed by atoms with Crippen LogP contribution in [0.1, 0.15) is 41.2 Å². The number of aromatic nitrogens is 2. The van der Waals surface area contributed by atoms with E-state index in [0.717, 1.165) is 5.56 Å². The third kappa shape index (κ3) is 3.77. The van der Waals surface area contributed by atoms with E-state index in [1.807, 2.05) is 18.2 Å². The highest BCUT2D eigenvalue weighted by atomic mass is 16.6. The molecule has 2 aromatic rings. The maximum Gasteiger partial charge on any atom is 0.322 e. The molecular weight excluding hydrogens is 312 g/mol. The van der Waals surface area contributed by atoms with Crippen molar-refractivity contribution in [2.75, 3.05) is 6.54 Å². The Labute approximate surface area is 139 Å². The van der Waals surface area contributed by atoms with E-state index in [2.05, 4.69) is 10.4 Å². The molecule has 0 bridgehead atoms. The summed E-state index contributed by atoms with van der Waals surface area (Å²) in [5.74, 6) is -0.565. The molecule has 0 saturated carbocycles. The molecule has 8 nitrogen and oxygen atoms in total. The summed E-state index contributed by atoms with van der Waals surface area (Å²) >= 11 is 0. The fourth-order valence-corrected chi connectivity index (χ4v) is 2.49. The van der Waals surface area contributed by atoms with E-state index < -0.39 is 16.9 Å². The van der Waals surface area contributed by atoms with Gasteiger partial charge in [-0.1, -0.05) is 30.3 Å². The maximum atomic E-state index is 12.3. The first-order valence-corrected chi connectivity index (χ1v) is 7.68. The molecule has 0 radical (unpaired) electrons. The first kappa shape index (κ1) is 17.6. The Kier molecular flexibility index (Phi) is 5.64. The van der Waals surface area contributed by atoms with Gasteiger partial charge in [0.2, 0.25) is 5.69 Å². The van der Waals surface area contributed by atoms with Crippen molar-refractivity contribution >= 4 is 11.6 Å². The lowest BCUT2D eigenvalue weighted by Gasteiger charge is -2.11. The van der Waals surface area contributed by atoms with Gasteiger partial charge in [-0.2, -0.15) is 5.10 Å². The Morgan fingerprint density at radius 3 is 2.67 bits per heavy atom. The third-order valence-electron chi connectivity index (χ3n) is 3.68. The minimum Gasteiger partial charge on any atom is -0.388 e. The molecule has 1 heterocycles. The topological polar surface area (TPSA) is 110 Å². The van der Waals surface area contributed by atoms with E-state index in [1.54, 1.807) is 19.1 Å². The van der Waals surface area contributed by atoms with Gasteiger partial charge in [0.15, 0.2) is 0 Å². The van der Waals surface area contributed by atoms with Crippen LogP contribution >= 0.6 is 0 Å². The van der Waals surface area contributed by atoms with Crippen LogP contribution in [0.25, 0.3) is 0 Å². The number of aliphatic hydroxyl groups is 1. The molecule has 1 atom stereocenters. The Balaban J connectivity index is 2.04. The van der Waals surface area contributed by atoms with Gasteiger partial charge in [-0.25, -0.2) is 0 Å². The highest BCUT2D eigenvalue weighted by Gasteiger charge is 2.29. The molecule has 24 heavy (non-hydrogen) atoms. The van der Waals surface area contributed by atoms with Crippen LogP contribution in [-0.4, -0.2) is 32.3 Å². The average molecular weight is 332 g/mol. The summed E-state index contributed by atoms with van der Waals surface area (Å²) in [5, 5.41) is 27.9. The average Bonchev–Trinajstić information content (AvgIpc) is 2.92. The molecule has 128 valence electrons. The van der Waals surface area contributed by atoms with E-state index in [4.69, 9.17) is 0 Å². The standard InChI is InChI=1S/C16H20N4O4/c1-3-19-15(14(20(23)24)11(2)18-19)16(22)17-10-9-13(21)12-7-5-4-6-8-12/h4-8,13,21H,3,9-10H2,1-2H3,(H,17,22). The number of nitrogens with one attached hydrogen (secondary N) is 1. The molecule has 0 fully saturated rings. The van der Waals surface area contributed by atoms with E-state index >= 15 is 0 Å². The van der Waals surface area contributed by atoms with Gasteiger partial charge in [0.1, 0.15) is 5.69 Å². The van der Waals surface area contributed by atoms with Gasteiger partial charge in [0.05, 0.1) is 11.0 Å². The lowest BCUT2D eigenvalue weighted by Crippen LogP contribution is -2.28. The molecule has 2 rings (SSSR count). The number of aliphatic hydroxyl groups excluding tert-OH is 1. The lowest BCUT2D eigenvalue weighted by atomic mass is 10.1. The predicted octanol–water partition coefficient (Wildman–Crippen LogP) is 1.97. The zero-order valence-electron chi connectivity index (χ0n) is 13.6. The summed E-state index contributed by atoms with van der Waals surface area (Å²) in [7, 11) is 0.